The lowest BCUT2D eigenvalue weighted by Crippen LogP contribution is -2.21. The minimum Gasteiger partial charge on any atom is -0.379 e. The van der Waals surface area contributed by atoms with Crippen LogP contribution in [0.15, 0.2) is 24.4 Å². The highest BCUT2D eigenvalue weighted by molar-refractivity contribution is 5.44. The molecule has 2 aromatic rings. The maximum Gasteiger partial charge on any atom is 0.225 e. The molecule has 0 amide bonds. The average Bonchev–Trinajstić information content (AvgIpc) is 3.07. The SMILES string of the molecule is CCc1cc(NCc2cc(C)nc(N3CCCC3)n2)ccn1. The fraction of sp³-hybridized carbons (Fsp3) is 0.471. The molecule has 1 saturated heterocycles. The molecule has 2 aromatic heterocycles. The summed E-state index contributed by atoms with van der Waals surface area (Å²) in [7, 11) is 0. The average molecular weight is 297 g/mol. The van der Waals surface area contributed by atoms with Crippen molar-refractivity contribution in [1.82, 2.24) is 15.0 Å². The molecule has 0 bridgehead atoms. The lowest BCUT2D eigenvalue weighted by molar-refractivity contribution is 0.865. The smallest absolute Gasteiger partial charge is 0.225 e. The van der Waals surface area contributed by atoms with Gasteiger partial charge in [0.2, 0.25) is 5.95 Å². The molecular formula is C17H23N5. The van der Waals surface area contributed by atoms with E-state index in [9.17, 15) is 0 Å². The van der Waals surface area contributed by atoms with Gasteiger partial charge in [-0.05, 0) is 44.4 Å². The van der Waals surface area contributed by atoms with E-state index < -0.39 is 0 Å². The highest BCUT2D eigenvalue weighted by Gasteiger charge is 2.15. The van der Waals surface area contributed by atoms with Crippen molar-refractivity contribution in [2.45, 2.75) is 39.7 Å². The van der Waals surface area contributed by atoms with Gasteiger partial charge >= 0.3 is 0 Å². The molecule has 0 unspecified atom stereocenters. The Kier molecular flexibility index (Phi) is 4.51. The second-order valence-electron chi connectivity index (χ2n) is 5.74. The van der Waals surface area contributed by atoms with Gasteiger partial charge in [0.1, 0.15) is 0 Å². The van der Waals surface area contributed by atoms with Gasteiger partial charge in [0.15, 0.2) is 0 Å². The summed E-state index contributed by atoms with van der Waals surface area (Å²) in [5.41, 5.74) is 4.24. The van der Waals surface area contributed by atoms with Crippen molar-refractivity contribution in [3.05, 3.63) is 41.5 Å². The van der Waals surface area contributed by atoms with Crippen LogP contribution in [0.25, 0.3) is 0 Å². The van der Waals surface area contributed by atoms with Gasteiger partial charge in [-0.15, -0.1) is 0 Å². The highest BCUT2D eigenvalue weighted by Crippen LogP contribution is 2.17. The molecule has 0 saturated carbocycles. The van der Waals surface area contributed by atoms with Crippen molar-refractivity contribution in [3.63, 3.8) is 0 Å². The van der Waals surface area contributed by atoms with E-state index in [-0.39, 0.29) is 0 Å². The second kappa shape index (κ2) is 6.73. The van der Waals surface area contributed by atoms with Crippen LogP contribution in [0.1, 0.15) is 36.8 Å². The zero-order valence-corrected chi connectivity index (χ0v) is 13.3. The van der Waals surface area contributed by atoms with Gasteiger partial charge in [0.25, 0.3) is 0 Å². The fourth-order valence-corrected chi connectivity index (χ4v) is 2.74. The van der Waals surface area contributed by atoms with Crippen molar-refractivity contribution in [1.29, 1.82) is 0 Å². The first-order valence-corrected chi connectivity index (χ1v) is 8.03. The van der Waals surface area contributed by atoms with Crippen LogP contribution in [0, 0.1) is 6.92 Å². The lowest BCUT2D eigenvalue weighted by Gasteiger charge is -2.16. The summed E-state index contributed by atoms with van der Waals surface area (Å²) in [6.45, 7) is 6.99. The quantitative estimate of drug-likeness (QED) is 0.919. The predicted molar refractivity (Wildman–Crippen MR) is 89.2 cm³/mol. The van der Waals surface area contributed by atoms with Crippen LogP contribution in [0.5, 0.6) is 0 Å². The molecule has 1 aliphatic heterocycles. The normalized spacial score (nSPS) is 14.4. The second-order valence-corrected chi connectivity index (χ2v) is 5.74. The Morgan fingerprint density at radius 3 is 2.73 bits per heavy atom. The number of aromatic nitrogens is 3. The van der Waals surface area contributed by atoms with Crippen molar-refractivity contribution in [2.24, 2.45) is 0 Å². The maximum atomic E-state index is 4.71. The van der Waals surface area contributed by atoms with Crippen molar-refractivity contribution in [2.75, 3.05) is 23.3 Å². The molecule has 3 rings (SSSR count). The van der Waals surface area contributed by atoms with Gasteiger partial charge in [-0.25, -0.2) is 9.97 Å². The van der Waals surface area contributed by atoms with Crippen LogP contribution in [-0.2, 0) is 13.0 Å². The van der Waals surface area contributed by atoms with Gasteiger partial charge in [-0.3, -0.25) is 4.98 Å². The highest BCUT2D eigenvalue weighted by atomic mass is 15.3. The van der Waals surface area contributed by atoms with Crippen LogP contribution in [-0.4, -0.2) is 28.0 Å². The lowest BCUT2D eigenvalue weighted by atomic mass is 10.2. The van der Waals surface area contributed by atoms with Crippen LogP contribution < -0.4 is 10.2 Å². The number of nitrogens with one attached hydrogen (secondary N) is 1. The molecular weight excluding hydrogens is 274 g/mol. The molecule has 1 N–H and O–H groups in total. The number of rotatable bonds is 5. The van der Waals surface area contributed by atoms with Gasteiger partial charge in [0, 0.05) is 36.4 Å². The minimum absolute atomic E-state index is 0.706. The van der Waals surface area contributed by atoms with Gasteiger partial charge in [-0.2, -0.15) is 0 Å². The first-order chi connectivity index (χ1) is 10.7. The predicted octanol–water partition coefficient (Wildman–Crippen LogP) is 2.95. The van der Waals surface area contributed by atoms with Crippen LogP contribution in [0.2, 0.25) is 0 Å². The Labute approximate surface area is 131 Å². The van der Waals surface area contributed by atoms with E-state index in [0.29, 0.717) is 6.54 Å². The van der Waals surface area contributed by atoms with Gasteiger partial charge in [-0.1, -0.05) is 6.92 Å². The molecule has 3 heterocycles. The zero-order chi connectivity index (χ0) is 15.4. The summed E-state index contributed by atoms with van der Waals surface area (Å²) in [6, 6.07) is 6.14. The third-order valence-electron chi connectivity index (χ3n) is 3.94. The third-order valence-corrected chi connectivity index (χ3v) is 3.94. The Bertz CT molecular complexity index is 635. The number of aryl methyl sites for hydroxylation is 2. The first kappa shape index (κ1) is 14.8. The van der Waals surface area contributed by atoms with Crippen molar-refractivity contribution in [3.8, 4) is 0 Å². The summed E-state index contributed by atoms with van der Waals surface area (Å²) in [6.07, 6.45) is 5.27. The molecule has 1 aliphatic rings. The Hall–Kier alpha value is -2.17. The summed E-state index contributed by atoms with van der Waals surface area (Å²) in [5, 5.41) is 3.43. The Morgan fingerprint density at radius 1 is 1.14 bits per heavy atom. The standard InChI is InChI=1S/C17H23N5/c1-3-14-11-15(6-7-18-14)19-12-16-10-13(2)20-17(21-16)22-8-4-5-9-22/h6-7,10-11H,3-5,8-9,12H2,1-2H3,(H,18,19). The van der Waals surface area contributed by atoms with E-state index in [4.69, 9.17) is 4.98 Å². The van der Waals surface area contributed by atoms with E-state index >= 15 is 0 Å². The van der Waals surface area contributed by atoms with Gasteiger partial charge < -0.3 is 10.2 Å². The van der Waals surface area contributed by atoms with Crippen LogP contribution >= 0.6 is 0 Å². The molecule has 0 aromatic carbocycles. The van der Waals surface area contributed by atoms with Gasteiger partial charge in [0.05, 0.1) is 12.2 Å². The molecule has 5 nitrogen and oxygen atoms in total. The third kappa shape index (κ3) is 3.53. The number of hydrogen-bond donors (Lipinski definition) is 1. The topological polar surface area (TPSA) is 53.9 Å². The molecule has 1 fully saturated rings. The number of hydrogen-bond acceptors (Lipinski definition) is 5. The molecule has 5 heteroatoms. The number of anilines is 2. The van der Waals surface area contributed by atoms with Crippen molar-refractivity contribution >= 4 is 11.6 Å². The summed E-state index contributed by atoms with van der Waals surface area (Å²) in [4.78, 5) is 15.9. The van der Waals surface area contributed by atoms with E-state index in [1.54, 1.807) is 0 Å². The van der Waals surface area contributed by atoms with Crippen LogP contribution in [0.3, 0.4) is 0 Å². The zero-order valence-electron chi connectivity index (χ0n) is 13.3. The molecule has 116 valence electrons. The minimum atomic E-state index is 0.706. The molecule has 22 heavy (non-hydrogen) atoms. The number of pyridine rings is 1. The summed E-state index contributed by atoms with van der Waals surface area (Å²) >= 11 is 0. The first-order valence-electron chi connectivity index (χ1n) is 8.03. The number of nitrogens with zero attached hydrogens (tertiary/aromatic N) is 4. The Balaban J connectivity index is 1.71. The molecule has 0 atom stereocenters. The van der Waals surface area contributed by atoms with E-state index in [1.165, 1.54) is 12.8 Å². The maximum absolute atomic E-state index is 4.71. The summed E-state index contributed by atoms with van der Waals surface area (Å²) < 4.78 is 0. The molecule has 0 aliphatic carbocycles. The van der Waals surface area contributed by atoms with E-state index in [2.05, 4.69) is 39.2 Å². The van der Waals surface area contributed by atoms with E-state index in [1.807, 2.05) is 19.2 Å². The largest absolute Gasteiger partial charge is 0.379 e. The van der Waals surface area contributed by atoms with Crippen LogP contribution in [0.4, 0.5) is 11.6 Å². The Morgan fingerprint density at radius 2 is 1.95 bits per heavy atom. The molecule has 0 spiro atoms. The van der Waals surface area contributed by atoms with E-state index in [0.717, 1.165) is 48.2 Å². The fourth-order valence-electron chi connectivity index (χ4n) is 2.74. The summed E-state index contributed by atoms with van der Waals surface area (Å²) in [5.74, 6) is 0.873. The monoisotopic (exact) mass is 297 g/mol. The van der Waals surface area contributed by atoms with Crippen molar-refractivity contribution < 1.29 is 0 Å². The molecule has 0 radical (unpaired) electrons.